The van der Waals surface area contributed by atoms with E-state index in [1.165, 1.54) is 6.07 Å². The molecule has 0 atom stereocenters. The second kappa shape index (κ2) is 4.26. The van der Waals surface area contributed by atoms with Gasteiger partial charge in [0.25, 0.3) is 0 Å². The number of hydrogen-bond acceptors (Lipinski definition) is 1. The van der Waals surface area contributed by atoms with E-state index >= 15 is 0 Å². The predicted molar refractivity (Wildman–Crippen MR) is 56.3 cm³/mol. The van der Waals surface area contributed by atoms with Crippen LogP contribution in [0.25, 0.3) is 0 Å². The van der Waals surface area contributed by atoms with E-state index in [1.807, 2.05) is 0 Å². The largest absolute Gasteiger partial charge is 0.416 e. The van der Waals surface area contributed by atoms with Gasteiger partial charge in [-0.25, -0.2) is 0 Å². The minimum atomic E-state index is -4.33. The van der Waals surface area contributed by atoms with Crippen molar-refractivity contribution >= 4 is 11.6 Å². The molecular formula is C11H11ClF3N. The van der Waals surface area contributed by atoms with Crippen molar-refractivity contribution in [3.05, 3.63) is 34.3 Å². The topological polar surface area (TPSA) is 12.0 Å². The van der Waals surface area contributed by atoms with E-state index in [4.69, 9.17) is 11.6 Å². The normalized spacial score (nSPS) is 16.5. The minimum absolute atomic E-state index is 0.169. The molecule has 88 valence electrons. The summed E-state index contributed by atoms with van der Waals surface area (Å²) in [4.78, 5) is 0. The van der Waals surface area contributed by atoms with Crippen LogP contribution in [0.2, 0.25) is 5.02 Å². The number of alkyl halides is 3. The molecule has 0 heterocycles. The van der Waals surface area contributed by atoms with Crippen LogP contribution in [0.3, 0.4) is 0 Å². The third-order valence-corrected chi connectivity index (χ3v) is 2.89. The molecule has 1 aromatic carbocycles. The van der Waals surface area contributed by atoms with Crippen molar-refractivity contribution in [3.63, 3.8) is 0 Å². The molecule has 1 N–H and O–H groups in total. The Balaban J connectivity index is 2.09. The SMILES string of the molecule is FC(F)(F)c1ccc(CNC2CC2)c(Cl)c1. The Hall–Kier alpha value is -0.740. The summed E-state index contributed by atoms with van der Waals surface area (Å²) in [6, 6.07) is 3.99. The lowest BCUT2D eigenvalue weighted by Crippen LogP contribution is -2.16. The van der Waals surface area contributed by atoms with Crippen molar-refractivity contribution in [3.8, 4) is 0 Å². The van der Waals surface area contributed by atoms with Gasteiger partial charge in [0.05, 0.1) is 5.56 Å². The lowest BCUT2D eigenvalue weighted by atomic mass is 10.1. The molecule has 0 radical (unpaired) electrons. The lowest BCUT2D eigenvalue weighted by molar-refractivity contribution is -0.137. The van der Waals surface area contributed by atoms with E-state index in [0.717, 1.165) is 25.0 Å². The van der Waals surface area contributed by atoms with E-state index in [-0.39, 0.29) is 5.02 Å². The maximum atomic E-state index is 12.3. The van der Waals surface area contributed by atoms with Crippen LogP contribution >= 0.6 is 11.6 Å². The molecule has 0 amide bonds. The fraction of sp³-hybridized carbons (Fsp3) is 0.455. The smallest absolute Gasteiger partial charge is 0.310 e. The summed E-state index contributed by atoms with van der Waals surface area (Å²) in [6.45, 7) is 0.529. The second-order valence-corrected chi connectivity index (χ2v) is 4.37. The van der Waals surface area contributed by atoms with Gasteiger partial charge in [0, 0.05) is 17.6 Å². The summed E-state index contributed by atoms with van der Waals surface area (Å²) < 4.78 is 37.0. The van der Waals surface area contributed by atoms with Crippen LogP contribution in [0.5, 0.6) is 0 Å². The third kappa shape index (κ3) is 2.89. The first kappa shape index (κ1) is 11.7. The van der Waals surface area contributed by atoms with Crippen LogP contribution in [0.4, 0.5) is 13.2 Å². The van der Waals surface area contributed by atoms with Gasteiger partial charge in [-0.3, -0.25) is 0 Å². The van der Waals surface area contributed by atoms with Crippen LogP contribution in [-0.4, -0.2) is 6.04 Å². The molecule has 5 heteroatoms. The van der Waals surface area contributed by atoms with Crippen molar-refractivity contribution in [2.24, 2.45) is 0 Å². The molecule has 2 rings (SSSR count). The minimum Gasteiger partial charge on any atom is -0.310 e. The highest BCUT2D eigenvalue weighted by Gasteiger charge is 2.31. The molecule has 0 bridgehead atoms. The van der Waals surface area contributed by atoms with Gasteiger partial charge in [-0.1, -0.05) is 17.7 Å². The standard InChI is InChI=1S/C11H11ClF3N/c12-10-5-8(11(13,14)15)2-1-7(10)6-16-9-3-4-9/h1-2,5,9,16H,3-4,6H2. The van der Waals surface area contributed by atoms with Crippen molar-refractivity contribution in [1.29, 1.82) is 0 Å². The third-order valence-electron chi connectivity index (χ3n) is 2.54. The van der Waals surface area contributed by atoms with Crippen molar-refractivity contribution in [2.75, 3.05) is 0 Å². The molecule has 1 aliphatic rings. The predicted octanol–water partition coefficient (Wildman–Crippen LogP) is 3.61. The van der Waals surface area contributed by atoms with Gasteiger partial charge < -0.3 is 5.32 Å². The van der Waals surface area contributed by atoms with Crippen molar-refractivity contribution in [2.45, 2.75) is 31.6 Å². The average molecular weight is 250 g/mol. The number of nitrogens with one attached hydrogen (secondary N) is 1. The summed E-state index contributed by atoms with van der Waals surface area (Å²) >= 11 is 5.80. The average Bonchev–Trinajstić information content (AvgIpc) is 2.98. The van der Waals surface area contributed by atoms with Gasteiger partial charge in [0.1, 0.15) is 0 Å². The number of rotatable bonds is 3. The summed E-state index contributed by atoms with van der Waals surface area (Å²) in [7, 11) is 0. The van der Waals surface area contributed by atoms with Gasteiger partial charge in [-0.15, -0.1) is 0 Å². The Morgan fingerprint density at radius 2 is 2.00 bits per heavy atom. The zero-order valence-electron chi connectivity index (χ0n) is 8.44. The Morgan fingerprint density at radius 1 is 1.31 bits per heavy atom. The summed E-state index contributed by atoms with van der Waals surface area (Å²) in [5.74, 6) is 0. The lowest BCUT2D eigenvalue weighted by Gasteiger charge is -2.10. The summed E-state index contributed by atoms with van der Waals surface area (Å²) in [5.41, 5.74) is 0.00855. The van der Waals surface area contributed by atoms with Gasteiger partial charge in [-0.2, -0.15) is 13.2 Å². The molecule has 0 aromatic heterocycles. The van der Waals surface area contributed by atoms with Crippen LogP contribution in [0, 0.1) is 0 Å². The van der Waals surface area contributed by atoms with Gasteiger partial charge in [0.2, 0.25) is 0 Å². The Labute approximate surface area is 96.6 Å². The van der Waals surface area contributed by atoms with Crippen LogP contribution in [0.1, 0.15) is 24.0 Å². The molecule has 1 aliphatic carbocycles. The number of benzene rings is 1. The fourth-order valence-electron chi connectivity index (χ4n) is 1.41. The molecule has 1 fully saturated rings. The quantitative estimate of drug-likeness (QED) is 0.863. The maximum absolute atomic E-state index is 12.3. The Morgan fingerprint density at radius 3 is 2.50 bits per heavy atom. The molecule has 0 aliphatic heterocycles. The van der Waals surface area contributed by atoms with E-state index in [0.29, 0.717) is 18.2 Å². The first-order valence-electron chi connectivity index (χ1n) is 5.06. The molecule has 1 saturated carbocycles. The molecular weight excluding hydrogens is 239 g/mol. The maximum Gasteiger partial charge on any atom is 0.416 e. The van der Waals surface area contributed by atoms with Gasteiger partial charge in [0.15, 0.2) is 0 Å². The zero-order valence-corrected chi connectivity index (χ0v) is 9.20. The second-order valence-electron chi connectivity index (χ2n) is 3.96. The first-order chi connectivity index (χ1) is 7.47. The van der Waals surface area contributed by atoms with Crippen molar-refractivity contribution < 1.29 is 13.2 Å². The van der Waals surface area contributed by atoms with E-state index < -0.39 is 11.7 Å². The summed E-state index contributed by atoms with van der Waals surface area (Å²) in [6.07, 6.45) is -2.05. The Bertz CT molecular complexity index is 385. The molecule has 0 saturated heterocycles. The van der Waals surface area contributed by atoms with E-state index in [9.17, 15) is 13.2 Å². The Kier molecular flexibility index (Phi) is 3.13. The summed E-state index contributed by atoms with van der Waals surface area (Å²) in [5, 5.41) is 3.38. The van der Waals surface area contributed by atoms with Crippen molar-refractivity contribution in [1.82, 2.24) is 5.32 Å². The fourth-order valence-corrected chi connectivity index (χ4v) is 1.66. The molecule has 0 spiro atoms. The van der Waals surface area contributed by atoms with E-state index in [2.05, 4.69) is 5.32 Å². The van der Waals surface area contributed by atoms with E-state index in [1.54, 1.807) is 0 Å². The first-order valence-corrected chi connectivity index (χ1v) is 5.43. The van der Waals surface area contributed by atoms with Crippen LogP contribution in [0.15, 0.2) is 18.2 Å². The highest BCUT2D eigenvalue weighted by Crippen LogP contribution is 2.32. The molecule has 1 nitrogen and oxygen atoms in total. The monoisotopic (exact) mass is 249 g/mol. The zero-order chi connectivity index (χ0) is 11.8. The van der Waals surface area contributed by atoms with Gasteiger partial charge >= 0.3 is 6.18 Å². The van der Waals surface area contributed by atoms with Gasteiger partial charge in [-0.05, 0) is 30.5 Å². The number of halogens is 4. The highest BCUT2D eigenvalue weighted by atomic mass is 35.5. The molecule has 1 aromatic rings. The van der Waals surface area contributed by atoms with Crippen LogP contribution in [-0.2, 0) is 12.7 Å². The van der Waals surface area contributed by atoms with Crippen LogP contribution < -0.4 is 5.32 Å². The number of hydrogen-bond donors (Lipinski definition) is 1. The highest BCUT2D eigenvalue weighted by molar-refractivity contribution is 6.31. The molecule has 0 unspecified atom stereocenters. The molecule has 16 heavy (non-hydrogen) atoms.